The minimum atomic E-state index is -5.08. The standard InChI is InChI=1S/C19H28N2O3.C2HF3O2/c1-14-4-5-15(24-14)12-20-10-6-18-17(13-20)16(7-11-23-18)19(22)21-8-2-3-9-21;3-2(4,5)1(6)7/h4-5,16-18H,2-3,6-13H2,1H3;(H,6,7)/t16-,17+,18-;/m1./s1. The highest BCUT2D eigenvalue weighted by Crippen LogP contribution is 2.35. The monoisotopic (exact) mass is 446 g/mol. The number of carboxylic acid groups (broad SMARTS) is 1. The summed E-state index contributed by atoms with van der Waals surface area (Å²) in [6.45, 7) is 7.41. The van der Waals surface area contributed by atoms with Crippen LogP contribution in [0.3, 0.4) is 0 Å². The quantitative estimate of drug-likeness (QED) is 0.769. The lowest BCUT2D eigenvalue weighted by Crippen LogP contribution is -2.53. The fraction of sp³-hybridized carbons (Fsp3) is 0.714. The van der Waals surface area contributed by atoms with Gasteiger partial charge in [-0.05, 0) is 44.7 Å². The largest absolute Gasteiger partial charge is 0.490 e. The number of carbonyl (C=O) groups excluding carboxylic acids is 1. The van der Waals surface area contributed by atoms with Gasteiger partial charge < -0.3 is 19.2 Å². The molecule has 0 bridgehead atoms. The molecule has 7 nitrogen and oxygen atoms in total. The van der Waals surface area contributed by atoms with Crippen molar-refractivity contribution in [3.63, 3.8) is 0 Å². The first-order valence-electron chi connectivity index (χ1n) is 10.6. The van der Waals surface area contributed by atoms with Crippen LogP contribution in [-0.4, -0.2) is 71.8 Å². The van der Waals surface area contributed by atoms with Crippen LogP contribution < -0.4 is 0 Å². The number of hydrogen-bond donors (Lipinski definition) is 1. The lowest BCUT2D eigenvalue weighted by atomic mass is 9.78. The van der Waals surface area contributed by atoms with Crippen LogP contribution in [-0.2, 0) is 20.9 Å². The highest BCUT2D eigenvalue weighted by atomic mass is 19.4. The number of carbonyl (C=O) groups is 2. The van der Waals surface area contributed by atoms with E-state index in [9.17, 15) is 18.0 Å². The molecule has 0 saturated carbocycles. The van der Waals surface area contributed by atoms with Gasteiger partial charge in [-0.2, -0.15) is 13.2 Å². The van der Waals surface area contributed by atoms with Crippen LogP contribution in [0.5, 0.6) is 0 Å². The molecule has 4 rings (SSSR count). The first-order valence-corrected chi connectivity index (χ1v) is 10.6. The molecule has 0 spiro atoms. The summed E-state index contributed by atoms with van der Waals surface area (Å²) >= 11 is 0. The number of furan rings is 1. The van der Waals surface area contributed by atoms with E-state index in [0.717, 1.165) is 76.5 Å². The summed E-state index contributed by atoms with van der Waals surface area (Å²) < 4.78 is 43.5. The third-order valence-electron chi connectivity index (χ3n) is 6.11. The Morgan fingerprint density at radius 3 is 2.42 bits per heavy atom. The number of aliphatic carboxylic acids is 1. The molecule has 0 aromatic carbocycles. The van der Waals surface area contributed by atoms with Crippen molar-refractivity contribution in [3.8, 4) is 0 Å². The van der Waals surface area contributed by atoms with Gasteiger partial charge in [0.1, 0.15) is 11.5 Å². The fourth-order valence-electron chi connectivity index (χ4n) is 4.60. The van der Waals surface area contributed by atoms with E-state index in [0.29, 0.717) is 11.8 Å². The molecule has 4 heterocycles. The predicted molar refractivity (Wildman–Crippen MR) is 104 cm³/mol. The van der Waals surface area contributed by atoms with Gasteiger partial charge >= 0.3 is 12.1 Å². The minimum Gasteiger partial charge on any atom is -0.475 e. The van der Waals surface area contributed by atoms with Crippen molar-refractivity contribution in [1.29, 1.82) is 0 Å². The van der Waals surface area contributed by atoms with E-state index in [-0.39, 0.29) is 12.0 Å². The van der Waals surface area contributed by atoms with E-state index in [1.807, 2.05) is 13.0 Å². The van der Waals surface area contributed by atoms with Crippen molar-refractivity contribution in [3.05, 3.63) is 23.7 Å². The molecule has 3 aliphatic heterocycles. The number of aryl methyl sites for hydroxylation is 1. The van der Waals surface area contributed by atoms with Crippen molar-refractivity contribution < 1.29 is 37.0 Å². The zero-order chi connectivity index (χ0) is 22.6. The molecule has 3 fully saturated rings. The van der Waals surface area contributed by atoms with Gasteiger partial charge in [-0.3, -0.25) is 9.69 Å². The van der Waals surface area contributed by atoms with Crippen molar-refractivity contribution in [2.75, 3.05) is 32.8 Å². The van der Waals surface area contributed by atoms with Gasteiger partial charge in [0.05, 0.1) is 12.6 Å². The van der Waals surface area contributed by atoms with Crippen molar-refractivity contribution >= 4 is 11.9 Å². The zero-order valence-electron chi connectivity index (χ0n) is 17.6. The molecule has 1 amide bonds. The highest BCUT2D eigenvalue weighted by Gasteiger charge is 2.43. The predicted octanol–water partition coefficient (Wildman–Crippen LogP) is 3.07. The summed E-state index contributed by atoms with van der Waals surface area (Å²) in [4.78, 5) is 26.4. The Bertz CT molecular complexity index is 760. The number of piperidine rings is 1. The van der Waals surface area contributed by atoms with E-state index >= 15 is 0 Å². The normalized spacial score (nSPS) is 26.7. The topological polar surface area (TPSA) is 83.2 Å². The van der Waals surface area contributed by atoms with Gasteiger partial charge in [0, 0.05) is 44.6 Å². The van der Waals surface area contributed by atoms with E-state index in [2.05, 4.69) is 15.9 Å². The van der Waals surface area contributed by atoms with Crippen LogP contribution in [0, 0.1) is 18.8 Å². The summed E-state index contributed by atoms with van der Waals surface area (Å²) in [5.41, 5.74) is 0. The average molecular weight is 446 g/mol. The van der Waals surface area contributed by atoms with Crippen molar-refractivity contribution in [1.82, 2.24) is 9.80 Å². The SMILES string of the molecule is Cc1ccc(CN2CC[C@H]3OCC[C@@H](C(=O)N4CCCC4)[C@@H]3C2)o1.O=C(O)C(F)(F)F. The third kappa shape index (κ3) is 6.22. The Hall–Kier alpha value is -2.07. The average Bonchev–Trinajstić information content (AvgIpc) is 3.39. The second kappa shape index (κ2) is 10.0. The Morgan fingerprint density at radius 2 is 1.84 bits per heavy atom. The second-order valence-corrected chi connectivity index (χ2v) is 8.34. The Kier molecular flexibility index (Phi) is 7.64. The summed E-state index contributed by atoms with van der Waals surface area (Å²) in [6, 6.07) is 4.08. The molecule has 3 saturated heterocycles. The molecule has 31 heavy (non-hydrogen) atoms. The number of carboxylic acids is 1. The van der Waals surface area contributed by atoms with Crippen molar-refractivity contribution in [2.24, 2.45) is 11.8 Å². The molecular weight excluding hydrogens is 417 g/mol. The number of nitrogens with zero attached hydrogens (tertiary/aromatic N) is 2. The van der Waals surface area contributed by atoms with Crippen molar-refractivity contribution in [2.45, 2.75) is 51.4 Å². The van der Waals surface area contributed by atoms with Gasteiger partial charge in [-0.15, -0.1) is 0 Å². The molecule has 1 aromatic rings. The first-order chi connectivity index (χ1) is 14.6. The van der Waals surface area contributed by atoms with Gasteiger partial charge in [0.15, 0.2) is 0 Å². The van der Waals surface area contributed by atoms with Crippen LogP contribution in [0.1, 0.15) is 37.2 Å². The van der Waals surface area contributed by atoms with E-state index < -0.39 is 12.1 Å². The first kappa shape index (κ1) is 23.6. The van der Waals surface area contributed by atoms with Gasteiger partial charge in [0.25, 0.3) is 0 Å². The molecular formula is C21H29F3N2O5. The van der Waals surface area contributed by atoms with Gasteiger partial charge in [-0.1, -0.05) is 0 Å². The number of likely N-dealkylation sites (tertiary alicyclic amines) is 2. The Labute approximate surface area is 179 Å². The summed E-state index contributed by atoms with van der Waals surface area (Å²) in [7, 11) is 0. The number of rotatable bonds is 3. The number of halogens is 3. The Balaban J connectivity index is 0.000000339. The van der Waals surface area contributed by atoms with Crippen LogP contribution in [0.15, 0.2) is 16.5 Å². The molecule has 3 aliphatic rings. The third-order valence-corrected chi connectivity index (χ3v) is 6.11. The molecule has 0 radical (unpaired) electrons. The van der Waals surface area contributed by atoms with Gasteiger partial charge in [0.2, 0.25) is 5.91 Å². The van der Waals surface area contributed by atoms with Gasteiger partial charge in [-0.25, -0.2) is 4.79 Å². The molecule has 1 N–H and O–H groups in total. The fourth-order valence-corrected chi connectivity index (χ4v) is 4.60. The Morgan fingerprint density at radius 1 is 1.16 bits per heavy atom. The van der Waals surface area contributed by atoms with Crippen LogP contribution >= 0.6 is 0 Å². The minimum absolute atomic E-state index is 0.142. The molecule has 1 aromatic heterocycles. The summed E-state index contributed by atoms with van der Waals surface area (Å²) in [5, 5.41) is 7.12. The number of ether oxygens (including phenoxy) is 1. The number of fused-ring (bicyclic) bond motifs is 1. The van der Waals surface area contributed by atoms with Crippen LogP contribution in [0.4, 0.5) is 13.2 Å². The summed E-state index contributed by atoms with van der Waals surface area (Å²) in [5.74, 6) is 0.0710. The molecule has 3 atom stereocenters. The molecule has 0 aliphatic carbocycles. The molecule has 0 unspecified atom stereocenters. The highest BCUT2D eigenvalue weighted by molar-refractivity contribution is 5.79. The zero-order valence-corrected chi connectivity index (χ0v) is 17.6. The number of hydrogen-bond acceptors (Lipinski definition) is 5. The maximum atomic E-state index is 13.0. The smallest absolute Gasteiger partial charge is 0.475 e. The van der Waals surface area contributed by atoms with E-state index in [1.165, 1.54) is 0 Å². The van der Waals surface area contributed by atoms with Crippen LogP contribution in [0.25, 0.3) is 0 Å². The molecule has 174 valence electrons. The summed E-state index contributed by atoms with van der Waals surface area (Å²) in [6.07, 6.45) is -0.608. The lowest BCUT2D eigenvalue weighted by Gasteiger charge is -2.45. The van der Waals surface area contributed by atoms with E-state index in [4.69, 9.17) is 19.1 Å². The molecule has 10 heteroatoms. The number of alkyl halides is 3. The lowest BCUT2D eigenvalue weighted by molar-refractivity contribution is -0.192. The second-order valence-electron chi connectivity index (χ2n) is 8.34. The van der Waals surface area contributed by atoms with Crippen LogP contribution in [0.2, 0.25) is 0 Å². The maximum absolute atomic E-state index is 13.0. The van der Waals surface area contributed by atoms with E-state index in [1.54, 1.807) is 0 Å². The number of amides is 1. The maximum Gasteiger partial charge on any atom is 0.490 e.